The Hall–Kier alpha value is -3.17. The molecule has 0 radical (unpaired) electrons. The Kier molecular flexibility index (Phi) is 7.32. The lowest BCUT2D eigenvalue weighted by Crippen LogP contribution is -2.46. The van der Waals surface area contributed by atoms with Gasteiger partial charge in [-0.1, -0.05) is 0 Å². The molecular weight excluding hydrogens is 334 g/mol. The Bertz CT molecular complexity index is 675. The molecule has 0 aromatic heterocycles. The highest BCUT2D eigenvalue weighted by Crippen LogP contribution is 2.28. The molecule has 0 spiro atoms. The van der Waals surface area contributed by atoms with Gasteiger partial charge >= 0.3 is 11.7 Å². The second-order valence-electron chi connectivity index (χ2n) is 4.90. The topological polar surface area (TPSA) is 137 Å². The van der Waals surface area contributed by atoms with Gasteiger partial charge in [0.15, 0.2) is 12.4 Å². The van der Waals surface area contributed by atoms with Gasteiger partial charge in [-0.2, -0.15) is 0 Å². The number of hydrogen-bond donors (Lipinski definition) is 2. The van der Waals surface area contributed by atoms with Crippen molar-refractivity contribution < 1.29 is 28.8 Å². The van der Waals surface area contributed by atoms with Crippen LogP contribution in [0.4, 0.5) is 5.69 Å². The van der Waals surface area contributed by atoms with E-state index < -0.39 is 35.1 Å². The van der Waals surface area contributed by atoms with Gasteiger partial charge in [0, 0.05) is 12.6 Å². The van der Waals surface area contributed by atoms with E-state index in [2.05, 4.69) is 15.4 Å². The van der Waals surface area contributed by atoms with Crippen LogP contribution in [-0.2, 0) is 14.3 Å². The maximum absolute atomic E-state index is 11.8. The zero-order valence-electron chi connectivity index (χ0n) is 14.0. The number of amides is 2. The highest BCUT2D eigenvalue weighted by molar-refractivity contribution is 5.90. The van der Waals surface area contributed by atoms with E-state index in [1.807, 2.05) is 0 Å². The van der Waals surface area contributed by atoms with Crippen molar-refractivity contribution in [1.29, 1.82) is 0 Å². The van der Waals surface area contributed by atoms with Gasteiger partial charge in [0.25, 0.3) is 5.91 Å². The Labute approximate surface area is 143 Å². The number of esters is 1. The molecule has 0 heterocycles. The first-order chi connectivity index (χ1) is 11.8. The van der Waals surface area contributed by atoms with E-state index in [9.17, 15) is 24.5 Å². The lowest BCUT2D eigenvalue weighted by molar-refractivity contribution is -0.385. The van der Waals surface area contributed by atoms with Crippen molar-refractivity contribution >= 4 is 23.5 Å². The SMILES string of the molecule is CCNC(=O)[C@H](C)NC(=O)COc1ccc(C(=O)OC)cc1[N+](=O)[O-]. The molecule has 136 valence electrons. The summed E-state index contributed by atoms with van der Waals surface area (Å²) >= 11 is 0. The van der Waals surface area contributed by atoms with Gasteiger partial charge in [-0.15, -0.1) is 0 Å². The molecule has 0 bridgehead atoms. The fourth-order valence-electron chi connectivity index (χ4n) is 1.85. The largest absolute Gasteiger partial charge is 0.477 e. The number of benzene rings is 1. The molecule has 25 heavy (non-hydrogen) atoms. The number of nitro groups is 1. The zero-order chi connectivity index (χ0) is 19.0. The highest BCUT2D eigenvalue weighted by Gasteiger charge is 2.21. The number of methoxy groups -OCH3 is 1. The quantitative estimate of drug-likeness (QED) is 0.392. The first-order valence-corrected chi connectivity index (χ1v) is 7.36. The van der Waals surface area contributed by atoms with E-state index in [0.29, 0.717) is 6.54 Å². The Morgan fingerprint density at radius 3 is 2.56 bits per heavy atom. The summed E-state index contributed by atoms with van der Waals surface area (Å²) in [6.07, 6.45) is 0. The van der Waals surface area contributed by atoms with Crippen LogP contribution in [0, 0.1) is 10.1 Å². The number of carbonyl (C=O) groups is 3. The van der Waals surface area contributed by atoms with E-state index >= 15 is 0 Å². The summed E-state index contributed by atoms with van der Waals surface area (Å²) in [5.41, 5.74) is -0.497. The monoisotopic (exact) mass is 353 g/mol. The zero-order valence-corrected chi connectivity index (χ0v) is 14.0. The van der Waals surface area contributed by atoms with Crippen molar-refractivity contribution in [2.45, 2.75) is 19.9 Å². The first-order valence-electron chi connectivity index (χ1n) is 7.36. The summed E-state index contributed by atoms with van der Waals surface area (Å²) in [5, 5.41) is 16.0. The molecule has 10 heteroatoms. The number of carbonyl (C=O) groups excluding carboxylic acids is 3. The molecule has 2 N–H and O–H groups in total. The summed E-state index contributed by atoms with van der Waals surface area (Å²) < 4.78 is 9.62. The van der Waals surface area contributed by atoms with Crippen LogP contribution >= 0.6 is 0 Å². The second-order valence-corrected chi connectivity index (χ2v) is 4.90. The number of ether oxygens (including phenoxy) is 2. The molecule has 1 aromatic carbocycles. The van der Waals surface area contributed by atoms with Crippen LogP contribution in [0.3, 0.4) is 0 Å². The van der Waals surface area contributed by atoms with Crippen LogP contribution in [0.25, 0.3) is 0 Å². The molecule has 0 aliphatic heterocycles. The molecule has 0 aliphatic carbocycles. The summed E-state index contributed by atoms with van der Waals surface area (Å²) in [6.45, 7) is 3.14. The number of nitrogens with one attached hydrogen (secondary N) is 2. The number of likely N-dealkylation sites (N-methyl/N-ethyl adjacent to an activating group) is 1. The van der Waals surface area contributed by atoms with Crippen LogP contribution in [0.5, 0.6) is 5.75 Å². The third kappa shape index (κ3) is 5.75. The molecule has 0 saturated carbocycles. The summed E-state index contributed by atoms with van der Waals surface area (Å²) in [7, 11) is 1.15. The van der Waals surface area contributed by atoms with E-state index in [-0.39, 0.29) is 17.2 Å². The summed E-state index contributed by atoms with van der Waals surface area (Å²) in [6, 6.07) is 2.71. The molecule has 1 atom stereocenters. The predicted octanol–water partition coefficient (Wildman–Crippen LogP) is 0.401. The third-order valence-electron chi connectivity index (χ3n) is 3.06. The molecule has 1 rings (SSSR count). The normalized spacial score (nSPS) is 11.2. The Morgan fingerprint density at radius 2 is 2.00 bits per heavy atom. The molecule has 1 aromatic rings. The molecular formula is C15H19N3O7. The average Bonchev–Trinajstić information content (AvgIpc) is 2.59. The fourth-order valence-corrected chi connectivity index (χ4v) is 1.85. The average molecular weight is 353 g/mol. The maximum atomic E-state index is 11.8. The predicted molar refractivity (Wildman–Crippen MR) is 86.2 cm³/mol. The van der Waals surface area contributed by atoms with Crippen molar-refractivity contribution in [3.63, 3.8) is 0 Å². The molecule has 10 nitrogen and oxygen atoms in total. The van der Waals surface area contributed by atoms with Gasteiger partial charge in [0.1, 0.15) is 6.04 Å². The van der Waals surface area contributed by atoms with E-state index in [1.54, 1.807) is 6.92 Å². The standard InChI is InChI=1S/C15H19N3O7/c1-4-16-14(20)9(2)17-13(19)8-25-12-6-5-10(15(21)24-3)7-11(12)18(22)23/h5-7,9H,4,8H2,1-3H3,(H,16,20)(H,17,19)/t9-/m0/s1. The number of nitrogens with zero attached hydrogens (tertiary/aromatic N) is 1. The van der Waals surface area contributed by atoms with E-state index in [4.69, 9.17) is 4.74 Å². The molecule has 0 unspecified atom stereocenters. The first kappa shape index (κ1) is 19.9. The van der Waals surface area contributed by atoms with Gasteiger partial charge in [0.2, 0.25) is 5.91 Å². The minimum absolute atomic E-state index is 0.0177. The van der Waals surface area contributed by atoms with Gasteiger partial charge in [-0.3, -0.25) is 19.7 Å². The number of hydrogen-bond acceptors (Lipinski definition) is 7. The van der Waals surface area contributed by atoms with Gasteiger partial charge < -0.3 is 20.1 Å². The van der Waals surface area contributed by atoms with Crippen LogP contribution in [-0.4, -0.2) is 49.0 Å². The fraction of sp³-hybridized carbons (Fsp3) is 0.400. The molecule has 0 fully saturated rings. The van der Waals surface area contributed by atoms with Crippen molar-refractivity contribution in [3.8, 4) is 5.75 Å². The van der Waals surface area contributed by atoms with Gasteiger partial charge in [0.05, 0.1) is 17.6 Å². The van der Waals surface area contributed by atoms with Gasteiger partial charge in [-0.05, 0) is 26.0 Å². The molecule has 0 aliphatic rings. The third-order valence-corrected chi connectivity index (χ3v) is 3.06. The van der Waals surface area contributed by atoms with Crippen molar-refractivity contribution in [2.24, 2.45) is 0 Å². The van der Waals surface area contributed by atoms with Crippen molar-refractivity contribution in [1.82, 2.24) is 10.6 Å². The minimum Gasteiger partial charge on any atom is -0.477 e. The van der Waals surface area contributed by atoms with E-state index in [0.717, 1.165) is 13.2 Å². The number of nitro benzene ring substituents is 1. The van der Waals surface area contributed by atoms with Gasteiger partial charge in [-0.25, -0.2) is 4.79 Å². The minimum atomic E-state index is -0.771. The van der Waals surface area contributed by atoms with Crippen LogP contribution in [0.1, 0.15) is 24.2 Å². The van der Waals surface area contributed by atoms with Crippen molar-refractivity contribution in [2.75, 3.05) is 20.3 Å². The second kappa shape index (κ2) is 9.21. The van der Waals surface area contributed by atoms with E-state index in [1.165, 1.54) is 19.1 Å². The lowest BCUT2D eigenvalue weighted by Gasteiger charge is -2.13. The number of rotatable bonds is 8. The van der Waals surface area contributed by atoms with Crippen LogP contribution in [0.2, 0.25) is 0 Å². The molecule has 2 amide bonds. The maximum Gasteiger partial charge on any atom is 0.338 e. The van der Waals surface area contributed by atoms with Crippen LogP contribution < -0.4 is 15.4 Å². The van der Waals surface area contributed by atoms with Crippen molar-refractivity contribution in [3.05, 3.63) is 33.9 Å². The lowest BCUT2D eigenvalue weighted by atomic mass is 10.2. The Balaban J connectivity index is 2.76. The summed E-state index contributed by atoms with van der Waals surface area (Å²) in [4.78, 5) is 45.1. The smallest absolute Gasteiger partial charge is 0.338 e. The van der Waals surface area contributed by atoms with Crippen LogP contribution in [0.15, 0.2) is 18.2 Å². The summed E-state index contributed by atoms with van der Waals surface area (Å²) in [5.74, 6) is -1.89. The highest BCUT2D eigenvalue weighted by atomic mass is 16.6. The Morgan fingerprint density at radius 1 is 1.32 bits per heavy atom. The molecule has 0 saturated heterocycles.